The number of nitrogens with two attached hydrogens (primary N) is 1. The molecule has 0 fully saturated rings. The fraction of sp³-hybridized carbons (Fsp3) is 0.920. The fourth-order valence-corrected chi connectivity index (χ4v) is 2.66. The van der Waals surface area contributed by atoms with Crippen LogP contribution in [0.5, 0.6) is 0 Å². The minimum atomic E-state index is -0.307. The van der Waals surface area contributed by atoms with Gasteiger partial charge in [-0.25, -0.2) is 0 Å². The van der Waals surface area contributed by atoms with Gasteiger partial charge in [0.05, 0.1) is 25.0 Å². The molecule has 0 rings (SSSR count). The van der Waals surface area contributed by atoms with Crippen molar-refractivity contribution < 1.29 is 24.2 Å². The average Bonchev–Trinajstić information content (AvgIpc) is 2.77. The maximum Gasteiger partial charge on any atom is 0.279 e. The highest BCUT2D eigenvalue weighted by atomic mass is 32.1. The van der Waals surface area contributed by atoms with Crippen LogP contribution in [0.4, 0.5) is 9.59 Å². The Labute approximate surface area is 227 Å². The molecule has 35 heavy (non-hydrogen) atoms. The smallest absolute Gasteiger partial charge is 0.279 e. The molecular formula is C25H57N3O5S2. The molecule has 0 radical (unpaired) electrons. The largest absolute Gasteiger partial charge is 0.393 e. The maximum atomic E-state index is 11.0. The van der Waals surface area contributed by atoms with Crippen LogP contribution in [0.2, 0.25) is 0 Å². The quantitative estimate of drug-likeness (QED) is 0.190. The summed E-state index contributed by atoms with van der Waals surface area (Å²) in [7, 11) is 4.94. The number of methoxy groups -OCH3 is 2. The average molecular weight is 544 g/mol. The summed E-state index contributed by atoms with van der Waals surface area (Å²) >= 11 is 7.37. The van der Waals surface area contributed by atoms with Gasteiger partial charge in [0.1, 0.15) is 0 Å². The molecule has 0 aromatic carbocycles. The number of rotatable bonds is 12. The van der Waals surface area contributed by atoms with Gasteiger partial charge in [0.2, 0.25) is 0 Å². The zero-order valence-electron chi connectivity index (χ0n) is 24.3. The van der Waals surface area contributed by atoms with Gasteiger partial charge in [0, 0.05) is 34.4 Å². The van der Waals surface area contributed by atoms with Crippen LogP contribution in [0.25, 0.3) is 0 Å². The molecule has 0 aliphatic carbocycles. The van der Waals surface area contributed by atoms with Crippen molar-refractivity contribution in [3.05, 3.63) is 0 Å². The van der Waals surface area contributed by atoms with E-state index in [4.69, 9.17) is 20.3 Å². The molecule has 3 N–H and O–H groups in total. The Morgan fingerprint density at radius 3 is 1.66 bits per heavy atom. The highest BCUT2D eigenvalue weighted by molar-refractivity contribution is 7.96. The molecule has 0 aliphatic heterocycles. The monoisotopic (exact) mass is 543 g/mol. The molecule has 0 aromatic heterocycles. The number of aliphatic hydroxyl groups is 1. The first-order valence-electron chi connectivity index (χ1n) is 12.5. The van der Waals surface area contributed by atoms with Gasteiger partial charge in [-0.05, 0) is 31.6 Å². The van der Waals surface area contributed by atoms with Crippen molar-refractivity contribution in [2.45, 2.75) is 99.4 Å². The van der Waals surface area contributed by atoms with E-state index < -0.39 is 0 Å². The van der Waals surface area contributed by atoms with Crippen molar-refractivity contribution in [3.63, 3.8) is 0 Å². The van der Waals surface area contributed by atoms with Gasteiger partial charge in [-0.15, -0.1) is 0 Å². The van der Waals surface area contributed by atoms with E-state index >= 15 is 0 Å². The van der Waals surface area contributed by atoms with Crippen LogP contribution in [0.3, 0.4) is 0 Å². The van der Waals surface area contributed by atoms with Gasteiger partial charge in [-0.1, -0.05) is 86.6 Å². The van der Waals surface area contributed by atoms with Crippen LogP contribution >= 0.6 is 25.3 Å². The molecule has 10 heteroatoms. The van der Waals surface area contributed by atoms with Crippen molar-refractivity contribution in [2.24, 2.45) is 17.6 Å². The number of likely N-dealkylation sites (N-methyl/N-ethyl adjacent to an activating group) is 1. The molecule has 2 amide bonds. The minimum Gasteiger partial charge on any atom is -0.393 e. The zero-order chi connectivity index (χ0) is 28.6. The van der Waals surface area contributed by atoms with Gasteiger partial charge in [-0.2, -0.15) is 0 Å². The molecule has 0 heterocycles. The lowest BCUT2D eigenvalue weighted by Crippen LogP contribution is -2.39. The van der Waals surface area contributed by atoms with Gasteiger partial charge in [-0.3, -0.25) is 9.59 Å². The molecule has 0 saturated carbocycles. The Morgan fingerprint density at radius 1 is 0.943 bits per heavy atom. The van der Waals surface area contributed by atoms with Gasteiger partial charge in [0.15, 0.2) is 0 Å². The number of carbonyl (C=O) groups is 2. The van der Waals surface area contributed by atoms with E-state index in [1.54, 1.807) is 21.3 Å². The second-order valence-electron chi connectivity index (χ2n) is 9.19. The number of amides is 2. The van der Waals surface area contributed by atoms with Crippen LogP contribution < -0.4 is 5.73 Å². The van der Waals surface area contributed by atoms with Crippen LogP contribution in [0, 0.1) is 11.8 Å². The molecule has 214 valence electrons. The molecule has 0 spiro atoms. The highest BCUT2D eigenvalue weighted by Crippen LogP contribution is 2.10. The third-order valence-electron chi connectivity index (χ3n) is 4.60. The summed E-state index contributed by atoms with van der Waals surface area (Å²) in [5, 5.41) is 8.59. The molecule has 0 aliphatic rings. The van der Waals surface area contributed by atoms with E-state index in [0.29, 0.717) is 24.9 Å². The third-order valence-corrected chi connectivity index (χ3v) is 5.22. The number of carbonyl (C=O) groups excluding carboxylic acids is 2. The molecular weight excluding hydrogens is 486 g/mol. The second-order valence-corrected chi connectivity index (χ2v) is 9.96. The Morgan fingerprint density at radius 2 is 1.43 bits per heavy atom. The maximum absolute atomic E-state index is 11.0. The minimum absolute atomic E-state index is 0.0367. The second kappa shape index (κ2) is 28.1. The number of thiol groups is 2. The van der Waals surface area contributed by atoms with Gasteiger partial charge in [0.25, 0.3) is 10.5 Å². The van der Waals surface area contributed by atoms with E-state index in [0.717, 1.165) is 19.3 Å². The highest BCUT2D eigenvalue weighted by Gasteiger charge is 2.16. The standard InChI is InChI=1S/C9H20N2O2S.C7H16O.C6H13NO2S.C3H8/c1-7(2)4-8(13-3)5-11(6-10)9(12)14;1-4-5-7(8)6(2)3;1-5(9-3)4-7(2)6(8)10;1-3-2/h7-8H,4-6,10H2,1-3H3,(H,12,14);6-8H,4-5H2,1-3H3;5H,4H2,1-3H3,(H,8,10);3H2,1-2H3. The van der Waals surface area contributed by atoms with E-state index in [2.05, 4.69) is 59.9 Å². The van der Waals surface area contributed by atoms with Crippen LogP contribution in [-0.4, -0.2) is 84.7 Å². The fourth-order valence-electron chi connectivity index (χ4n) is 2.42. The summed E-state index contributed by atoms with van der Waals surface area (Å²) in [5.74, 6) is 0.963. The van der Waals surface area contributed by atoms with Gasteiger partial charge < -0.3 is 30.1 Å². The van der Waals surface area contributed by atoms with Crippen LogP contribution in [0.1, 0.15) is 81.1 Å². The first-order chi connectivity index (χ1) is 16.2. The van der Waals surface area contributed by atoms with Crippen molar-refractivity contribution >= 4 is 35.7 Å². The molecule has 3 unspecified atom stereocenters. The molecule has 3 atom stereocenters. The predicted octanol–water partition coefficient (Wildman–Crippen LogP) is 5.54. The van der Waals surface area contributed by atoms with Crippen molar-refractivity contribution in [1.29, 1.82) is 0 Å². The Kier molecular flexibility index (Phi) is 33.3. The third kappa shape index (κ3) is 31.5. The summed E-state index contributed by atoms with van der Waals surface area (Å²) in [5.41, 5.74) is 5.41. The number of aliphatic hydroxyl groups excluding tert-OH is 1. The molecule has 0 saturated heterocycles. The molecule has 0 aromatic rings. The summed E-state index contributed by atoms with van der Waals surface area (Å²) in [6.45, 7) is 17.8. The Hall–Kier alpha value is -0.520. The van der Waals surface area contributed by atoms with E-state index in [-0.39, 0.29) is 35.5 Å². The Bertz CT molecular complexity index is 486. The van der Waals surface area contributed by atoms with E-state index in [9.17, 15) is 9.59 Å². The first kappa shape index (κ1) is 41.6. The summed E-state index contributed by atoms with van der Waals surface area (Å²) in [4.78, 5) is 24.5. The predicted molar refractivity (Wildman–Crippen MR) is 156 cm³/mol. The normalized spacial score (nSPS) is 12.7. The number of ether oxygens (including phenoxy) is 2. The van der Waals surface area contributed by atoms with Crippen LogP contribution in [0.15, 0.2) is 0 Å². The van der Waals surface area contributed by atoms with Crippen molar-refractivity contribution in [3.8, 4) is 0 Å². The lowest BCUT2D eigenvalue weighted by Gasteiger charge is -2.25. The summed E-state index contributed by atoms with van der Waals surface area (Å²) in [6, 6.07) is 0. The van der Waals surface area contributed by atoms with Crippen molar-refractivity contribution in [1.82, 2.24) is 9.80 Å². The summed E-state index contributed by atoms with van der Waals surface area (Å²) < 4.78 is 10.2. The first-order valence-corrected chi connectivity index (χ1v) is 13.4. The Balaban J connectivity index is -0.000000202. The van der Waals surface area contributed by atoms with Crippen molar-refractivity contribution in [2.75, 3.05) is 41.0 Å². The number of hydrogen-bond acceptors (Lipinski definition) is 6. The van der Waals surface area contributed by atoms with E-state index in [1.807, 2.05) is 20.8 Å². The summed E-state index contributed by atoms with van der Waals surface area (Å²) in [6.07, 6.45) is 4.21. The SMILES string of the molecule is CCC.CCCC(O)C(C)C.COC(C)CN(C)C(=O)S.COC(CC(C)C)CN(CN)C(=O)S. The molecule has 0 bridgehead atoms. The van der Waals surface area contributed by atoms with E-state index in [1.165, 1.54) is 16.2 Å². The van der Waals surface area contributed by atoms with Crippen LogP contribution in [-0.2, 0) is 9.47 Å². The topological polar surface area (TPSA) is 105 Å². The zero-order valence-corrected chi connectivity index (χ0v) is 26.1. The molecule has 8 nitrogen and oxygen atoms in total. The lowest BCUT2D eigenvalue weighted by molar-refractivity contribution is 0.0617. The number of nitrogens with zero attached hydrogens (tertiary/aromatic N) is 2. The lowest BCUT2D eigenvalue weighted by atomic mass is 10.0. The number of hydrogen-bond donors (Lipinski definition) is 4. The van der Waals surface area contributed by atoms with Gasteiger partial charge >= 0.3 is 0 Å².